The monoisotopic (exact) mass is 484 g/mol. The van der Waals surface area contributed by atoms with E-state index in [1.807, 2.05) is 0 Å². The van der Waals surface area contributed by atoms with Gasteiger partial charge in [0.15, 0.2) is 17.4 Å². The second-order valence-corrected chi connectivity index (χ2v) is 7.42. The molecule has 4 aromatic heterocycles. The Labute approximate surface area is 193 Å². The minimum atomic E-state index is -4.47. The first-order valence-corrected chi connectivity index (χ1v) is 10.1. The van der Waals surface area contributed by atoms with Crippen LogP contribution in [0.25, 0.3) is 22.6 Å². The fourth-order valence-corrected chi connectivity index (χ4v) is 3.21. The van der Waals surface area contributed by atoms with Crippen LogP contribution >= 0.6 is 0 Å². The van der Waals surface area contributed by atoms with Crippen LogP contribution in [-0.4, -0.2) is 36.2 Å². The van der Waals surface area contributed by atoms with Crippen molar-refractivity contribution in [2.75, 3.05) is 5.32 Å². The van der Waals surface area contributed by atoms with Crippen molar-refractivity contribution >= 4 is 28.6 Å². The number of H-pyrrole nitrogens is 1. The number of rotatable bonds is 6. The number of carbonyl (C=O) groups is 1. The van der Waals surface area contributed by atoms with E-state index in [1.165, 1.54) is 30.8 Å². The van der Waals surface area contributed by atoms with E-state index in [9.17, 15) is 18.0 Å². The number of amides is 1. The number of halogens is 3. The van der Waals surface area contributed by atoms with E-state index in [2.05, 4.69) is 40.9 Å². The van der Waals surface area contributed by atoms with E-state index >= 15 is 0 Å². The average Bonchev–Trinajstić information content (AvgIpc) is 3.58. The Morgan fingerprint density at radius 2 is 1.94 bits per heavy atom. The van der Waals surface area contributed by atoms with Crippen molar-refractivity contribution in [3.05, 3.63) is 66.0 Å². The zero-order valence-electron chi connectivity index (χ0n) is 17.8. The molecule has 1 aromatic carbocycles. The molecule has 0 saturated heterocycles. The number of nitrogens with one attached hydrogen (secondary N) is 3. The number of hydrogen-bond donors (Lipinski definition) is 3. The van der Waals surface area contributed by atoms with Gasteiger partial charge in [0.05, 0.1) is 22.6 Å². The molecule has 5 rings (SSSR count). The van der Waals surface area contributed by atoms with E-state index in [1.54, 1.807) is 13.0 Å². The van der Waals surface area contributed by atoms with Crippen LogP contribution in [0.5, 0.6) is 0 Å². The summed E-state index contributed by atoms with van der Waals surface area (Å²) in [6.07, 6.45) is -1.86. The number of aromatic amines is 1. The van der Waals surface area contributed by atoms with Crippen molar-refractivity contribution in [3.63, 3.8) is 0 Å². The number of anilines is 2. The number of imidazole rings is 1. The molecule has 0 aliphatic rings. The Hall–Kier alpha value is -4.75. The summed E-state index contributed by atoms with van der Waals surface area (Å²) in [5.74, 6) is 0.793. The highest BCUT2D eigenvalue weighted by atomic mass is 19.4. The van der Waals surface area contributed by atoms with E-state index in [-0.39, 0.29) is 22.7 Å². The maximum Gasteiger partial charge on any atom is 0.416 e. The first-order chi connectivity index (χ1) is 16.8. The van der Waals surface area contributed by atoms with Crippen molar-refractivity contribution in [2.24, 2.45) is 0 Å². The highest BCUT2D eigenvalue weighted by Crippen LogP contribution is 2.32. The van der Waals surface area contributed by atoms with Crippen LogP contribution in [0.2, 0.25) is 0 Å². The first kappa shape index (κ1) is 22.1. The van der Waals surface area contributed by atoms with Crippen LogP contribution in [0.4, 0.5) is 24.8 Å². The van der Waals surface area contributed by atoms with Gasteiger partial charge in [0, 0.05) is 18.2 Å². The lowest BCUT2D eigenvalue weighted by Crippen LogP contribution is -2.27. The molecule has 0 aliphatic carbocycles. The van der Waals surface area contributed by atoms with E-state index in [4.69, 9.17) is 9.05 Å². The lowest BCUT2D eigenvalue weighted by atomic mass is 10.2. The van der Waals surface area contributed by atoms with Gasteiger partial charge in [-0.2, -0.15) is 13.2 Å². The molecule has 0 aliphatic heterocycles. The molecule has 0 saturated carbocycles. The third-order valence-electron chi connectivity index (χ3n) is 4.95. The molecular formula is C21H15F3N8O3. The van der Waals surface area contributed by atoms with Crippen LogP contribution in [0.1, 0.15) is 34.8 Å². The number of benzene rings is 1. The van der Waals surface area contributed by atoms with Crippen LogP contribution in [0.15, 0.2) is 58.0 Å². The van der Waals surface area contributed by atoms with Gasteiger partial charge in [-0.15, -0.1) is 0 Å². The Bertz CT molecular complexity index is 1490. The topological polar surface area (TPSA) is 148 Å². The standard InChI is InChI=1S/C21H15F3N8O3/c1-10(27-20(33)15-8-18(26-9-25-15)30-17-4-5-34-32-17)16-7-14(31-35-16)19-28-12-3-2-11(21(22,23)24)6-13(12)29-19/h2-10H,1H3,(H,27,33)(H,28,29)(H,25,26,30,32). The van der Waals surface area contributed by atoms with Crippen molar-refractivity contribution in [2.45, 2.75) is 19.1 Å². The third-order valence-corrected chi connectivity index (χ3v) is 4.95. The molecule has 35 heavy (non-hydrogen) atoms. The van der Waals surface area contributed by atoms with E-state index < -0.39 is 23.7 Å². The summed E-state index contributed by atoms with van der Waals surface area (Å²) < 4.78 is 48.9. The molecule has 0 radical (unpaired) electrons. The summed E-state index contributed by atoms with van der Waals surface area (Å²) in [5, 5.41) is 13.2. The molecule has 1 atom stereocenters. The molecule has 11 nitrogen and oxygen atoms in total. The third kappa shape index (κ3) is 4.66. The molecule has 0 bridgehead atoms. The van der Waals surface area contributed by atoms with Gasteiger partial charge >= 0.3 is 6.18 Å². The molecule has 4 heterocycles. The Morgan fingerprint density at radius 1 is 1.09 bits per heavy atom. The SMILES string of the molecule is CC(NC(=O)c1cc(Nc2ccon2)ncn1)c1cc(-c2nc3ccc(C(F)(F)F)cc3[nH]2)no1. The van der Waals surface area contributed by atoms with Crippen LogP contribution < -0.4 is 10.6 Å². The summed E-state index contributed by atoms with van der Waals surface area (Å²) in [4.78, 5) is 27.7. The lowest BCUT2D eigenvalue weighted by molar-refractivity contribution is -0.137. The van der Waals surface area contributed by atoms with Crippen LogP contribution in [-0.2, 0) is 6.18 Å². The second kappa shape index (κ2) is 8.55. The van der Waals surface area contributed by atoms with Crippen LogP contribution in [0.3, 0.4) is 0 Å². The number of nitrogens with zero attached hydrogens (tertiary/aromatic N) is 5. The smallest absolute Gasteiger partial charge is 0.363 e. The predicted molar refractivity (Wildman–Crippen MR) is 114 cm³/mol. The van der Waals surface area contributed by atoms with Crippen molar-refractivity contribution in [1.29, 1.82) is 0 Å². The maximum absolute atomic E-state index is 13.0. The zero-order valence-corrected chi connectivity index (χ0v) is 17.8. The summed E-state index contributed by atoms with van der Waals surface area (Å²) in [6, 6.07) is 7.16. The van der Waals surface area contributed by atoms with Crippen LogP contribution in [0, 0.1) is 0 Å². The predicted octanol–water partition coefficient (Wildman–Crippen LogP) is 4.25. The summed E-state index contributed by atoms with van der Waals surface area (Å²) >= 11 is 0. The average molecular weight is 484 g/mol. The molecule has 1 unspecified atom stereocenters. The van der Waals surface area contributed by atoms with Gasteiger partial charge in [0.2, 0.25) is 0 Å². The highest BCUT2D eigenvalue weighted by molar-refractivity contribution is 5.93. The van der Waals surface area contributed by atoms with Gasteiger partial charge in [-0.05, 0) is 25.1 Å². The number of fused-ring (bicyclic) bond motifs is 1. The number of aromatic nitrogens is 6. The first-order valence-electron chi connectivity index (χ1n) is 10.1. The van der Waals surface area contributed by atoms with Crippen molar-refractivity contribution in [3.8, 4) is 11.5 Å². The van der Waals surface area contributed by atoms with Gasteiger partial charge in [-0.3, -0.25) is 4.79 Å². The molecule has 1 amide bonds. The number of carbonyl (C=O) groups excluding carboxylic acids is 1. The molecule has 178 valence electrons. The normalized spacial score (nSPS) is 12.6. The fraction of sp³-hybridized carbons (Fsp3) is 0.143. The molecule has 0 fully saturated rings. The summed E-state index contributed by atoms with van der Waals surface area (Å²) in [6.45, 7) is 1.67. The Balaban J connectivity index is 1.29. The maximum atomic E-state index is 13.0. The molecule has 0 spiro atoms. The van der Waals surface area contributed by atoms with E-state index in [0.717, 1.165) is 12.1 Å². The summed E-state index contributed by atoms with van der Waals surface area (Å²) in [5.41, 5.74) is 0.126. The molecular weight excluding hydrogens is 469 g/mol. The Morgan fingerprint density at radius 3 is 2.71 bits per heavy atom. The number of hydrogen-bond acceptors (Lipinski definition) is 9. The lowest BCUT2D eigenvalue weighted by Gasteiger charge is -2.10. The van der Waals surface area contributed by atoms with E-state index in [0.29, 0.717) is 22.9 Å². The Kier molecular flexibility index (Phi) is 5.39. The van der Waals surface area contributed by atoms with Gasteiger partial charge in [-0.1, -0.05) is 10.3 Å². The van der Waals surface area contributed by atoms with Gasteiger partial charge < -0.3 is 24.7 Å². The largest absolute Gasteiger partial charge is 0.416 e. The van der Waals surface area contributed by atoms with Gasteiger partial charge in [0.1, 0.15) is 29.8 Å². The minimum Gasteiger partial charge on any atom is -0.363 e. The second-order valence-electron chi connectivity index (χ2n) is 7.42. The number of alkyl halides is 3. The quantitative estimate of drug-likeness (QED) is 0.322. The molecule has 14 heteroatoms. The van der Waals surface area contributed by atoms with Gasteiger partial charge in [-0.25, -0.2) is 15.0 Å². The fourth-order valence-electron chi connectivity index (χ4n) is 3.21. The molecule has 5 aromatic rings. The van der Waals surface area contributed by atoms with Crippen molar-refractivity contribution < 1.29 is 27.0 Å². The van der Waals surface area contributed by atoms with Gasteiger partial charge in [0.25, 0.3) is 5.91 Å². The highest BCUT2D eigenvalue weighted by Gasteiger charge is 2.31. The molecule has 3 N–H and O–H groups in total. The minimum absolute atomic E-state index is 0.0929. The van der Waals surface area contributed by atoms with Crippen molar-refractivity contribution in [1.82, 2.24) is 35.6 Å². The summed E-state index contributed by atoms with van der Waals surface area (Å²) in [7, 11) is 0. The zero-order chi connectivity index (χ0) is 24.6.